The number of nitrogens with zero attached hydrogens (tertiary/aromatic N) is 3. The summed E-state index contributed by atoms with van der Waals surface area (Å²) < 4.78 is 18.9. The molecule has 0 saturated heterocycles. The van der Waals surface area contributed by atoms with Crippen molar-refractivity contribution in [2.24, 2.45) is 0 Å². The molecule has 1 saturated carbocycles. The van der Waals surface area contributed by atoms with Gasteiger partial charge >= 0.3 is 5.97 Å². The Morgan fingerprint density at radius 1 is 1.36 bits per heavy atom. The molecule has 0 amide bonds. The number of hydrogen-bond donors (Lipinski definition) is 1. The highest BCUT2D eigenvalue weighted by molar-refractivity contribution is 5.86. The molecule has 1 aliphatic rings. The zero-order chi connectivity index (χ0) is 17.7. The van der Waals surface area contributed by atoms with Crippen molar-refractivity contribution in [1.82, 2.24) is 15.2 Å². The second-order valence-corrected chi connectivity index (χ2v) is 5.82. The van der Waals surface area contributed by atoms with Gasteiger partial charge in [-0.2, -0.15) is 0 Å². The van der Waals surface area contributed by atoms with Gasteiger partial charge in [-0.05, 0) is 56.5 Å². The molecular formula is C18H19FN4O2. The number of esters is 1. The Labute approximate surface area is 145 Å². The third-order valence-corrected chi connectivity index (χ3v) is 4.15. The van der Waals surface area contributed by atoms with Crippen molar-refractivity contribution >= 4 is 17.9 Å². The third kappa shape index (κ3) is 3.81. The van der Waals surface area contributed by atoms with Crippen molar-refractivity contribution in [2.75, 3.05) is 11.9 Å². The van der Waals surface area contributed by atoms with Gasteiger partial charge in [-0.1, -0.05) is 0 Å². The molecule has 25 heavy (non-hydrogen) atoms. The second-order valence-electron chi connectivity index (χ2n) is 5.82. The number of rotatable bonds is 6. The molecule has 6 nitrogen and oxygen atoms in total. The first-order chi connectivity index (χ1) is 12.1. The third-order valence-electron chi connectivity index (χ3n) is 4.15. The van der Waals surface area contributed by atoms with Crippen LogP contribution in [0, 0.1) is 5.82 Å². The van der Waals surface area contributed by atoms with Gasteiger partial charge in [0.25, 0.3) is 0 Å². The van der Waals surface area contributed by atoms with Gasteiger partial charge in [0.2, 0.25) is 0 Å². The van der Waals surface area contributed by atoms with E-state index in [0.29, 0.717) is 23.8 Å². The van der Waals surface area contributed by atoms with Crippen LogP contribution >= 0.6 is 0 Å². The van der Waals surface area contributed by atoms with Crippen molar-refractivity contribution in [2.45, 2.75) is 31.7 Å². The molecule has 1 aliphatic carbocycles. The van der Waals surface area contributed by atoms with Crippen LogP contribution in [0.5, 0.6) is 0 Å². The molecular weight excluding hydrogens is 323 g/mol. The lowest BCUT2D eigenvalue weighted by molar-refractivity contribution is -0.137. The van der Waals surface area contributed by atoms with E-state index >= 15 is 0 Å². The molecule has 7 heteroatoms. The van der Waals surface area contributed by atoms with E-state index in [0.717, 1.165) is 19.3 Å². The predicted molar refractivity (Wildman–Crippen MR) is 91.0 cm³/mol. The highest BCUT2D eigenvalue weighted by atomic mass is 19.1. The Kier molecular flexibility index (Phi) is 5.02. The van der Waals surface area contributed by atoms with E-state index in [1.807, 2.05) is 0 Å². The zero-order valence-corrected chi connectivity index (χ0v) is 13.9. The average Bonchev–Trinajstić information content (AvgIpc) is 2.58. The molecule has 0 aromatic carbocycles. The van der Waals surface area contributed by atoms with E-state index in [4.69, 9.17) is 4.74 Å². The molecule has 1 N–H and O–H groups in total. The Balaban J connectivity index is 1.72. The van der Waals surface area contributed by atoms with Crippen molar-refractivity contribution in [1.29, 1.82) is 0 Å². The van der Waals surface area contributed by atoms with Crippen LogP contribution < -0.4 is 5.32 Å². The van der Waals surface area contributed by atoms with Crippen molar-refractivity contribution in [3.8, 4) is 0 Å². The number of hydrogen-bond acceptors (Lipinski definition) is 6. The summed E-state index contributed by atoms with van der Waals surface area (Å²) in [6.07, 6.45) is 7.00. The summed E-state index contributed by atoms with van der Waals surface area (Å²) in [4.78, 5) is 15.5. The number of carbonyl (C=O) groups excluding carboxylic acids is 1. The molecule has 2 aromatic heterocycles. The van der Waals surface area contributed by atoms with Crippen LogP contribution in [0.25, 0.3) is 6.08 Å². The van der Waals surface area contributed by atoms with Gasteiger partial charge in [-0.15, -0.1) is 10.2 Å². The zero-order valence-electron chi connectivity index (χ0n) is 13.9. The predicted octanol–water partition coefficient (Wildman–Crippen LogP) is 3.08. The lowest BCUT2D eigenvalue weighted by Crippen LogP contribution is -2.43. The summed E-state index contributed by atoms with van der Waals surface area (Å²) in [5, 5.41) is 11.4. The number of ether oxygens (including phenoxy) is 1. The van der Waals surface area contributed by atoms with Crippen LogP contribution in [0.3, 0.4) is 0 Å². The monoisotopic (exact) mass is 342 g/mol. The first kappa shape index (κ1) is 17.0. The van der Waals surface area contributed by atoms with Crippen LogP contribution in [0.1, 0.15) is 37.6 Å². The molecule has 2 aromatic rings. The average molecular weight is 342 g/mol. The van der Waals surface area contributed by atoms with Gasteiger partial charge in [0, 0.05) is 12.3 Å². The van der Waals surface area contributed by atoms with Crippen molar-refractivity contribution in [3.05, 3.63) is 53.7 Å². The number of anilines is 1. The number of carbonyl (C=O) groups is 1. The first-order valence-electron chi connectivity index (χ1n) is 8.21. The lowest BCUT2D eigenvalue weighted by atomic mass is 9.74. The topological polar surface area (TPSA) is 77.0 Å². The summed E-state index contributed by atoms with van der Waals surface area (Å²) in [6, 6.07) is 6.47. The summed E-state index contributed by atoms with van der Waals surface area (Å²) in [7, 11) is 0. The molecule has 0 unspecified atom stereocenters. The SMILES string of the molecule is CCOC(=O)/C=C/c1ccc(NC2(c3ncccc3F)CCC2)nn1. The van der Waals surface area contributed by atoms with Gasteiger partial charge < -0.3 is 10.1 Å². The molecule has 0 spiro atoms. The summed E-state index contributed by atoms with van der Waals surface area (Å²) in [5.74, 6) is -0.208. The first-order valence-corrected chi connectivity index (χ1v) is 8.21. The normalized spacial score (nSPS) is 15.6. The molecule has 0 bridgehead atoms. The van der Waals surface area contributed by atoms with Crippen molar-refractivity contribution in [3.63, 3.8) is 0 Å². The van der Waals surface area contributed by atoms with Crippen LogP contribution in [0.4, 0.5) is 10.2 Å². The maximum atomic E-state index is 14.1. The van der Waals surface area contributed by atoms with Crippen LogP contribution in [-0.4, -0.2) is 27.8 Å². The minimum Gasteiger partial charge on any atom is -0.463 e. The Morgan fingerprint density at radius 3 is 2.80 bits per heavy atom. The number of pyridine rings is 1. The maximum absolute atomic E-state index is 14.1. The molecule has 0 aliphatic heterocycles. The Morgan fingerprint density at radius 2 is 2.20 bits per heavy atom. The van der Waals surface area contributed by atoms with E-state index in [9.17, 15) is 9.18 Å². The number of halogens is 1. The molecule has 3 rings (SSSR count). The number of nitrogens with one attached hydrogen (secondary N) is 1. The lowest BCUT2D eigenvalue weighted by Gasteiger charge is -2.42. The molecule has 130 valence electrons. The molecule has 0 radical (unpaired) electrons. The fourth-order valence-electron chi connectivity index (χ4n) is 2.78. The summed E-state index contributed by atoms with van der Waals surface area (Å²) in [6.45, 7) is 2.07. The van der Waals surface area contributed by atoms with Gasteiger partial charge in [0.05, 0.1) is 17.8 Å². The van der Waals surface area contributed by atoms with Gasteiger partial charge in [-0.25, -0.2) is 9.18 Å². The largest absolute Gasteiger partial charge is 0.463 e. The summed E-state index contributed by atoms with van der Waals surface area (Å²) in [5.41, 5.74) is 0.405. The fraction of sp³-hybridized carbons (Fsp3) is 0.333. The Bertz CT molecular complexity index is 773. The van der Waals surface area contributed by atoms with Gasteiger partial charge in [0.1, 0.15) is 17.3 Å². The standard InChI is InChI=1S/C18H19FN4O2/c1-2-25-16(24)9-7-13-6-8-15(23-22-13)21-18(10-4-11-18)17-14(19)5-3-12-20-17/h3,5-9,12H,2,4,10-11H2,1H3,(H,21,23)/b9-7+. The minimum absolute atomic E-state index is 0.323. The van der Waals surface area contributed by atoms with E-state index in [-0.39, 0.29) is 5.82 Å². The smallest absolute Gasteiger partial charge is 0.330 e. The quantitative estimate of drug-likeness (QED) is 0.642. The fourth-order valence-corrected chi connectivity index (χ4v) is 2.78. The van der Waals surface area contributed by atoms with Gasteiger partial charge in [0.15, 0.2) is 0 Å². The van der Waals surface area contributed by atoms with E-state index in [1.165, 1.54) is 18.2 Å². The Hall–Kier alpha value is -2.83. The van der Waals surface area contributed by atoms with Crippen LogP contribution in [-0.2, 0) is 15.1 Å². The van der Waals surface area contributed by atoms with Crippen LogP contribution in [0.15, 0.2) is 36.5 Å². The molecule has 0 atom stereocenters. The van der Waals surface area contributed by atoms with E-state index in [1.54, 1.807) is 31.3 Å². The molecule has 2 heterocycles. The van der Waals surface area contributed by atoms with Gasteiger partial charge in [-0.3, -0.25) is 4.98 Å². The van der Waals surface area contributed by atoms with E-state index < -0.39 is 11.5 Å². The summed E-state index contributed by atoms with van der Waals surface area (Å²) >= 11 is 0. The van der Waals surface area contributed by atoms with E-state index in [2.05, 4.69) is 20.5 Å². The van der Waals surface area contributed by atoms with Crippen LogP contribution in [0.2, 0.25) is 0 Å². The minimum atomic E-state index is -0.539. The highest BCUT2D eigenvalue weighted by Gasteiger charge is 2.42. The van der Waals surface area contributed by atoms with Crippen molar-refractivity contribution < 1.29 is 13.9 Å². The molecule has 1 fully saturated rings. The highest BCUT2D eigenvalue weighted by Crippen LogP contribution is 2.43. The second kappa shape index (κ2) is 7.38. The maximum Gasteiger partial charge on any atom is 0.330 e. The number of aromatic nitrogens is 3.